The van der Waals surface area contributed by atoms with Gasteiger partial charge in [0.05, 0.1) is 5.69 Å². The van der Waals surface area contributed by atoms with Gasteiger partial charge in [0.15, 0.2) is 5.69 Å². The minimum Gasteiger partial charge on any atom is -0.476 e. The first-order valence-electron chi connectivity index (χ1n) is 5.25. The summed E-state index contributed by atoms with van der Waals surface area (Å²) in [6, 6.07) is 0.819. The van der Waals surface area contributed by atoms with Crippen LogP contribution < -0.4 is 5.32 Å². The molecular formula is C11H13F3N2O2. The second-order valence-electron chi connectivity index (χ2n) is 4.11. The van der Waals surface area contributed by atoms with Crippen LogP contribution in [0.15, 0.2) is 18.3 Å². The fourth-order valence-electron chi connectivity index (χ4n) is 1.49. The fourth-order valence-corrected chi connectivity index (χ4v) is 1.49. The highest BCUT2D eigenvalue weighted by atomic mass is 19.4. The minimum absolute atomic E-state index is 0.138. The molecule has 1 heterocycles. The molecule has 0 saturated carbocycles. The summed E-state index contributed by atoms with van der Waals surface area (Å²) in [6.07, 6.45) is -3.24. The first-order chi connectivity index (χ1) is 8.23. The number of nitrogens with one attached hydrogen (secondary N) is 1. The maximum Gasteiger partial charge on any atom is 0.408 e. The zero-order valence-corrected chi connectivity index (χ0v) is 9.82. The van der Waals surface area contributed by atoms with E-state index in [4.69, 9.17) is 5.11 Å². The van der Waals surface area contributed by atoms with Crippen LogP contribution in [0, 0.1) is 5.92 Å². The second kappa shape index (κ2) is 5.24. The van der Waals surface area contributed by atoms with E-state index >= 15 is 0 Å². The lowest BCUT2D eigenvalue weighted by Gasteiger charge is -2.26. The van der Waals surface area contributed by atoms with Crippen LogP contribution >= 0.6 is 0 Å². The molecule has 0 radical (unpaired) electrons. The van der Waals surface area contributed by atoms with Gasteiger partial charge in [-0.15, -0.1) is 0 Å². The van der Waals surface area contributed by atoms with Crippen LogP contribution in [-0.4, -0.2) is 28.3 Å². The Morgan fingerprint density at radius 2 is 2.06 bits per heavy atom. The molecule has 0 aliphatic rings. The van der Waals surface area contributed by atoms with Gasteiger partial charge in [-0.25, -0.2) is 9.78 Å². The van der Waals surface area contributed by atoms with Crippen molar-refractivity contribution < 1.29 is 23.1 Å². The molecule has 0 spiro atoms. The number of nitrogens with zero attached hydrogens (tertiary/aromatic N) is 1. The molecule has 0 fully saturated rings. The third-order valence-electron chi connectivity index (χ3n) is 2.34. The van der Waals surface area contributed by atoms with Crippen molar-refractivity contribution in [2.24, 2.45) is 5.92 Å². The van der Waals surface area contributed by atoms with Gasteiger partial charge in [-0.3, -0.25) is 0 Å². The number of pyridine rings is 1. The number of hydrogen-bond acceptors (Lipinski definition) is 3. The molecule has 18 heavy (non-hydrogen) atoms. The van der Waals surface area contributed by atoms with Gasteiger partial charge in [0.2, 0.25) is 0 Å². The lowest BCUT2D eigenvalue weighted by molar-refractivity contribution is -0.150. The quantitative estimate of drug-likeness (QED) is 0.875. The summed E-state index contributed by atoms with van der Waals surface area (Å²) in [5.41, 5.74) is -0.562. The van der Waals surface area contributed by atoms with Crippen molar-refractivity contribution in [1.29, 1.82) is 0 Å². The lowest BCUT2D eigenvalue weighted by atomic mass is 10.0. The molecule has 100 valence electrons. The average molecular weight is 262 g/mol. The summed E-state index contributed by atoms with van der Waals surface area (Å²) < 4.78 is 38.3. The number of aromatic carboxylic acids is 1. The number of carboxylic acid groups (broad SMARTS) is 1. The van der Waals surface area contributed by atoms with Crippen molar-refractivity contribution in [1.82, 2.24) is 4.98 Å². The van der Waals surface area contributed by atoms with Crippen molar-refractivity contribution in [3.05, 3.63) is 24.0 Å². The number of hydrogen-bond donors (Lipinski definition) is 2. The Kier molecular flexibility index (Phi) is 4.15. The zero-order valence-electron chi connectivity index (χ0n) is 9.82. The Labute approximate surface area is 102 Å². The molecule has 7 heteroatoms. The van der Waals surface area contributed by atoms with E-state index in [9.17, 15) is 18.0 Å². The van der Waals surface area contributed by atoms with Crippen molar-refractivity contribution in [3.63, 3.8) is 0 Å². The number of halogens is 3. The summed E-state index contributed by atoms with van der Waals surface area (Å²) >= 11 is 0. The van der Waals surface area contributed by atoms with E-state index < -0.39 is 29.8 Å². The topological polar surface area (TPSA) is 62.2 Å². The second-order valence-corrected chi connectivity index (χ2v) is 4.11. The fraction of sp³-hybridized carbons (Fsp3) is 0.455. The van der Waals surface area contributed by atoms with Crippen molar-refractivity contribution in [2.75, 3.05) is 5.32 Å². The first-order valence-corrected chi connectivity index (χ1v) is 5.25. The van der Waals surface area contributed by atoms with E-state index in [1.807, 2.05) is 0 Å². The summed E-state index contributed by atoms with van der Waals surface area (Å²) in [5.74, 6) is -2.10. The van der Waals surface area contributed by atoms with E-state index in [1.165, 1.54) is 32.2 Å². The maximum atomic E-state index is 12.8. The number of aromatic nitrogens is 1. The highest BCUT2D eigenvalue weighted by molar-refractivity contribution is 5.91. The number of carboxylic acids is 1. The van der Waals surface area contributed by atoms with Crippen LogP contribution in [-0.2, 0) is 0 Å². The Morgan fingerprint density at radius 1 is 1.44 bits per heavy atom. The van der Waals surface area contributed by atoms with Gasteiger partial charge in [-0.05, 0) is 18.1 Å². The van der Waals surface area contributed by atoms with E-state index in [0.29, 0.717) is 0 Å². The largest absolute Gasteiger partial charge is 0.476 e. The molecule has 1 atom stereocenters. The molecule has 2 N–H and O–H groups in total. The molecule has 0 unspecified atom stereocenters. The molecule has 4 nitrogen and oxygen atoms in total. The Bertz CT molecular complexity index is 433. The summed E-state index contributed by atoms with van der Waals surface area (Å²) in [4.78, 5) is 14.4. The van der Waals surface area contributed by atoms with Crippen molar-refractivity contribution in [3.8, 4) is 0 Å². The predicted molar refractivity (Wildman–Crippen MR) is 59.5 cm³/mol. The summed E-state index contributed by atoms with van der Waals surface area (Å²) in [7, 11) is 0. The number of rotatable bonds is 4. The zero-order chi connectivity index (χ0) is 13.9. The van der Waals surface area contributed by atoms with Crippen molar-refractivity contribution >= 4 is 11.7 Å². The predicted octanol–water partition coefficient (Wildman–Crippen LogP) is 2.78. The third kappa shape index (κ3) is 3.35. The first kappa shape index (κ1) is 14.3. The van der Waals surface area contributed by atoms with Gasteiger partial charge >= 0.3 is 12.1 Å². The van der Waals surface area contributed by atoms with E-state index in [0.717, 1.165) is 0 Å². The van der Waals surface area contributed by atoms with Crippen LogP contribution in [0.1, 0.15) is 24.3 Å². The van der Waals surface area contributed by atoms with E-state index in [2.05, 4.69) is 10.3 Å². The van der Waals surface area contributed by atoms with Gasteiger partial charge in [0, 0.05) is 6.20 Å². The highest BCUT2D eigenvalue weighted by Crippen LogP contribution is 2.29. The van der Waals surface area contributed by atoms with Gasteiger partial charge < -0.3 is 10.4 Å². The average Bonchev–Trinajstić information content (AvgIpc) is 2.24. The molecule has 0 bridgehead atoms. The SMILES string of the molecule is CC(C)[C@H](Nc1cccnc1C(=O)O)C(F)(F)F. The molecule has 0 aliphatic carbocycles. The number of alkyl halides is 3. The van der Waals surface area contributed by atoms with Crippen LogP contribution in [0.3, 0.4) is 0 Å². The number of anilines is 1. The summed E-state index contributed by atoms with van der Waals surface area (Å²) in [6.45, 7) is 2.81. The molecule has 1 aromatic heterocycles. The molecule has 0 amide bonds. The van der Waals surface area contributed by atoms with Crippen molar-refractivity contribution in [2.45, 2.75) is 26.1 Å². The van der Waals surface area contributed by atoms with Crippen LogP contribution in [0.2, 0.25) is 0 Å². The Balaban J connectivity index is 3.05. The standard InChI is InChI=1S/C11H13F3N2O2/c1-6(2)9(11(12,13)14)16-7-4-3-5-15-8(7)10(17)18/h3-6,9,16H,1-2H3,(H,17,18)/t9-/m0/s1. The Morgan fingerprint density at radius 3 is 2.50 bits per heavy atom. The Hall–Kier alpha value is -1.79. The van der Waals surface area contributed by atoms with Crippen LogP contribution in [0.5, 0.6) is 0 Å². The normalized spacial score (nSPS) is 13.4. The molecule has 0 saturated heterocycles. The van der Waals surface area contributed by atoms with Gasteiger partial charge in [0.25, 0.3) is 0 Å². The van der Waals surface area contributed by atoms with E-state index in [1.54, 1.807) is 0 Å². The molecule has 1 aromatic rings. The highest BCUT2D eigenvalue weighted by Gasteiger charge is 2.42. The van der Waals surface area contributed by atoms with E-state index in [-0.39, 0.29) is 5.69 Å². The summed E-state index contributed by atoms with van der Waals surface area (Å²) in [5, 5.41) is 11.0. The number of carbonyl (C=O) groups is 1. The molecule has 0 aliphatic heterocycles. The lowest BCUT2D eigenvalue weighted by Crippen LogP contribution is -2.41. The molecular weight excluding hydrogens is 249 g/mol. The van der Waals surface area contributed by atoms with Gasteiger partial charge in [-0.2, -0.15) is 13.2 Å². The monoisotopic (exact) mass is 262 g/mol. The molecule has 0 aromatic carbocycles. The molecule has 1 rings (SSSR count). The third-order valence-corrected chi connectivity index (χ3v) is 2.34. The van der Waals surface area contributed by atoms with Gasteiger partial charge in [0.1, 0.15) is 6.04 Å². The van der Waals surface area contributed by atoms with Crippen LogP contribution in [0.4, 0.5) is 18.9 Å². The van der Waals surface area contributed by atoms with Gasteiger partial charge in [-0.1, -0.05) is 13.8 Å². The smallest absolute Gasteiger partial charge is 0.408 e. The maximum absolute atomic E-state index is 12.8. The van der Waals surface area contributed by atoms with Crippen LogP contribution in [0.25, 0.3) is 0 Å². The minimum atomic E-state index is -4.46.